The smallest absolute Gasteiger partial charge is 0.316 e. The molecular weight excluding hydrogens is 280 g/mol. The Morgan fingerprint density at radius 3 is 2.52 bits per heavy atom. The maximum absolute atomic E-state index is 13.1. The Morgan fingerprint density at radius 2 is 1.86 bits per heavy atom. The van der Waals surface area contributed by atoms with Gasteiger partial charge in [0.05, 0.1) is 17.2 Å². The number of carbonyl (C=O) groups excluding carboxylic acids is 1. The molecule has 0 saturated carbocycles. The van der Waals surface area contributed by atoms with E-state index in [9.17, 15) is 13.6 Å². The lowest BCUT2D eigenvalue weighted by molar-refractivity contribution is 0.218. The van der Waals surface area contributed by atoms with Crippen LogP contribution in [-0.2, 0) is 0 Å². The maximum atomic E-state index is 13.1. The number of carbonyl (C=O) groups is 1. The molecule has 0 bridgehead atoms. The van der Waals surface area contributed by atoms with Crippen molar-refractivity contribution >= 4 is 22.9 Å². The van der Waals surface area contributed by atoms with E-state index in [-0.39, 0.29) is 17.1 Å². The molecule has 1 aromatic carbocycles. The van der Waals surface area contributed by atoms with E-state index in [2.05, 4.69) is 20.6 Å². The highest BCUT2D eigenvalue weighted by atomic mass is 19.2. The molecule has 0 aliphatic carbocycles. The van der Waals surface area contributed by atoms with Crippen LogP contribution in [0.4, 0.5) is 19.4 Å². The van der Waals surface area contributed by atoms with Crippen molar-refractivity contribution in [2.45, 2.75) is 0 Å². The van der Waals surface area contributed by atoms with Gasteiger partial charge in [-0.15, -0.1) is 0 Å². The van der Waals surface area contributed by atoms with E-state index in [4.69, 9.17) is 0 Å². The summed E-state index contributed by atoms with van der Waals surface area (Å²) in [6.07, 6.45) is 1.42. The summed E-state index contributed by atoms with van der Waals surface area (Å²) in [7, 11) is 3.29. The van der Waals surface area contributed by atoms with E-state index >= 15 is 0 Å². The second kappa shape index (κ2) is 6.29. The fourth-order valence-corrected chi connectivity index (χ4v) is 1.61. The lowest BCUT2D eigenvalue weighted by atomic mass is 10.3. The first kappa shape index (κ1) is 14.9. The molecule has 0 spiro atoms. The molecule has 1 aromatic heterocycles. The number of hydrogen-bond acceptors (Lipinski definition) is 4. The summed E-state index contributed by atoms with van der Waals surface area (Å²) in [5.74, 6) is -1.50. The van der Waals surface area contributed by atoms with Gasteiger partial charge < -0.3 is 15.5 Å². The van der Waals surface area contributed by atoms with Crippen LogP contribution in [0.5, 0.6) is 0 Å². The molecule has 0 atom stereocenters. The molecule has 0 unspecified atom stereocenters. The van der Waals surface area contributed by atoms with Crippen LogP contribution in [0.1, 0.15) is 0 Å². The normalized spacial score (nSPS) is 10.5. The van der Waals surface area contributed by atoms with Crippen LogP contribution in [-0.4, -0.2) is 48.1 Å². The van der Waals surface area contributed by atoms with E-state index < -0.39 is 11.6 Å². The standard InChI is InChI=1S/C13H15F2N5O/c1-20(2)13(21)17-4-3-16-12-7-18-10-5-8(14)9(15)6-11(10)19-12/h5-7H,3-4H2,1-2H3,(H,16,19)(H,17,21). The van der Waals surface area contributed by atoms with E-state index in [1.165, 1.54) is 11.1 Å². The zero-order chi connectivity index (χ0) is 15.4. The summed E-state index contributed by atoms with van der Waals surface area (Å²) in [5.41, 5.74) is 0.539. The first-order valence-corrected chi connectivity index (χ1v) is 6.28. The van der Waals surface area contributed by atoms with Gasteiger partial charge in [-0.05, 0) is 0 Å². The van der Waals surface area contributed by atoms with Crippen molar-refractivity contribution in [2.24, 2.45) is 0 Å². The zero-order valence-electron chi connectivity index (χ0n) is 11.7. The Hall–Kier alpha value is -2.51. The summed E-state index contributed by atoms with van der Waals surface area (Å²) in [6, 6.07) is 1.80. The summed E-state index contributed by atoms with van der Waals surface area (Å²) in [4.78, 5) is 20.8. The fourth-order valence-electron chi connectivity index (χ4n) is 1.61. The minimum atomic E-state index is -0.966. The molecule has 2 aromatic rings. The van der Waals surface area contributed by atoms with Gasteiger partial charge in [-0.25, -0.2) is 18.6 Å². The van der Waals surface area contributed by atoms with Gasteiger partial charge in [-0.1, -0.05) is 0 Å². The summed E-state index contributed by atoms with van der Waals surface area (Å²) >= 11 is 0. The zero-order valence-corrected chi connectivity index (χ0v) is 11.7. The average Bonchev–Trinajstić information content (AvgIpc) is 2.44. The quantitative estimate of drug-likeness (QED) is 0.840. The van der Waals surface area contributed by atoms with Crippen molar-refractivity contribution in [2.75, 3.05) is 32.5 Å². The molecule has 2 amide bonds. The monoisotopic (exact) mass is 295 g/mol. The van der Waals surface area contributed by atoms with Crippen LogP contribution in [0.3, 0.4) is 0 Å². The maximum Gasteiger partial charge on any atom is 0.316 e. The molecular formula is C13H15F2N5O. The SMILES string of the molecule is CN(C)C(=O)NCCNc1cnc2cc(F)c(F)cc2n1. The third-order valence-corrected chi connectivity index (χ3v) is 2.70. The molecule has 0 aliphatic heterocycles. The van der Waals surface area contributed by atoms with Gasteiger partial charge in [0.2, 0.25) is 0 Å². The van der Waals surface area contributed by atoms with Crippen molar-refractivity contribution in [1.29, 1.82) is 0 Å². The Balaban J connectivity index is 1.97. The second-order valence-corrected chi connectivity index (χ2v) is 4.56. The first-order chi connectivity index (χ1) is 9.97. The molecule has 0 saturated heterocycles. The summed E-state index contributed by atoms with van der Waals surface area (Å²) in [5, 5.41) is 5.61. The predicted molar refractivity (Wildman–Crippen MR) is 75.0 cm³/mol. The predicted octanol–water partition coefficient (Wildman–Crippen LogP) is 1.59. The average molecular weight is 295 g/mol. The van der Waals surface area contributed by atoms with E-state index in [1.807, 2.05) is 0 Å². The number of fused-ring (bicyclic) bond motifs is 1. The van der Waals surface area contributed by atoms with Crippen molar-refractivity contribution in [3.8, 4) is 0 Å². The van der Waals surface area contributed by atoms with E-state index in [0.717, 1.165) is 12.1 Å². The van der Waals surface area contributed by atoms with Gasteiger partial charge in [-0.2, -0.15) is 0 Å². The minimum Gasteiger partial charge on any atom is -0.367 e. The molecule has 1 heterocycles. The molecule has 2 rings (SSSR count). The van der Waals surface area contributed by atoms with Gasteiger partial charge in [0, 0.05) is 39.3 Å². The second-order valence-electron chi connectivity index (χ2n) is 4.56. The molecule has 2 N–H and O–H groups in total. The lowest BCUT2D eigenvalue weighted by Gasteiger charge is -2.12. The number of nitrogens with zero attached hydrogens (tertiary/aromatic N) is 3. The highest BCUT2D eigenvalue weighted by Gasteiger charge is 2.07. The van der Waals surface area contributed by atoms with Gasteiger partial charge >= 0.3 is 6.03 Å². The number of benzene rings is 1. The van der Waals surface area contributed by atoms with Gasteiger partial charge in [0.15, 0.2) is 11.6 Å². The first-order valence-electron chi connectivity index (χ1n) is 6.28. The number of amides is 2. The van der Waals surface area contributed by atoms with Crippen molar-refractivity contribution in [3.05, 3.63) is 30.0 Å². The number of urea groups is 1. The summed E-state index contributed by atoms with van der Waals surface area (Å²) in [6.45, 7) is 0.831. The number of nitrogens with one attached hydrogen (secondary N) is 2. The third kappa shape index (κ3) is 3.74. The molecule has 6 nitrogen and oxygen atoms in total. The van der Waals surface area contributed by atoms with Gasteiger partial charge in [-0.3, -0.25) is 4.98 Å². The van der Waals surface area contributed by atoms with Crippen molar-refractivity contribution in [1.82, 2.24) is 20.2 Å². The molecule has 8 heteroatoms. The van der Waals surface area contributed by atoms with Crippen LogP contribution < -0.4 is 10.6 Å². The lowest BCUT2D eigenvalue weighted by Crippen LogP contribution is -2.37. The molecule has 0 radical (unpaired) electrons. The Morgan fingerprint density at radius 1 is 1.19 bits per heavy atom. The summed E-state index contributed by atoms with van der Waals surface area (Å²) < 4.78 is 26.2. The number of anilines is 1. The van der Waals surface area contributed by atoms with Crippen molar-refractivity contribution in [3.63, 3.8) is 0 Å². The van der Waals surface area contributed by atoms with Crippen LogP contribution in [0.25, 0.3) is 11.0 Å². The van der Waals surface area contributed by atoms with Crippen LogP contribution >= 0.6 is 0 Å². The number of aromatic nitrogens is 2. The number of halogens is 2. The van der Waals surface area contributed by atoms with Crippen molar-refractivity contribution < 1.29 is 13.6 Å². The van der Waals surface area contributed by atoms with Crippen LogP contribution in [0.15, 0.2) is 18.3 Å². The number of rotatable bonds is 4. The molecule has 0 aliphatic rings. The van der Waals surface area contributed by atoms with E-state index in [1.54, 1.807) is 14.1 Å². The number of hydrogen-bond donors (Lipinski definition) is 2. The Bertz CT molecular complexity index is 662. The van der Waals surface area contributed by atoms with Crippen LogP contribution in [0, 0.1) is 11.6 Å². The molecule has 0 fully saturated rings. The largest absolute Gasteiger partial charge is 0.367 e. The van der Waals surface area contributed by atoms with Crippen LogP contribution in [0.2, 0.25) is 0 Å². The Labute approximate surface area is 120 Å². The highest BCUT2D eigenvalue weighted by Crippen LogP contribution is 2.16. The molecule has 112 valence electrons. The highest BCUT2D eigenvalue weighted by molar-refractivity contribution is 5.75. The van der Waals surface area contributed by atoms with Gasteiger partial charge in [0.25, 0.3) is 0 Å². The fraction of sp³-hybridized carbons (Fsp3) is 0.308. The minimum absolute atomic E-state index is 0.195. The third-order valence-electron chi connectivity index (χ3n) is 2.70. The molecule has 21 heavy (non-hydrogen) atoms. The topological polar surface area (TPSA) is 70.2 Å². The Kier molecular flexibility index (Phi) is 4.46. The van der Waals surface area contributed by atoms with Gasteiger partial charge in [0.1, 0.15) is 5.82 Å². The van der Waals surface area contributed by atoms with E-state index in [0.29, 0.717) is 18.9 Å².